The van der Waals surface area contributed by atoms with Crippen LogP contribution in [0.4, 0.5) is 16.0 Å². The average Bonchev–Trinajstić information content (AvgIpc) is 3.22. The lowest BCUT2D eigenvalue weighted by Gasteiger charge is -2.16. The molecular formula is C25H19FN8O2. The Hall–Kier alpha value is -5.11. The molecule has 0 aliphatic carbocycles. The highest BCUT2D eigenvalue weighted by molar-refractivity contribution is 5.82. The van der Waals surface area contributed by atoms with Gasteiger partial charge in [0.2, 0.25) is 5.95 Å². The third-order valence-corrected chi connectivity index (χ3v) is 5.56. The maximum Gasteiger partial charge on any atom is 0.359 e. The summed E-state index contributed by atoms with van der Waals surface area (Å²) in [6, 6.07) is 12.8. The van der Waals surface area contributed by atoms with E-state index in [1.807, 2.05) is 19.3 Å². The van der Waals surface area contributed by atoms with Gasteiger partial charge in [0.15, 0.2) is 0 Å². The van der Waals surface area contributed by atoms with Crippen LogP contribution in [0.2, 0.25) is 0 Å². The van der Waals surface area contributed by atoms with Crippen molar-refractivity contribution in [3.05, 3.63) is 105 Å². The number of benzene rings is 2. The lowest BCUT2D eigenvalue weighted by molar-refractivity contribution is 0.620. The van der Waals surface area contributed by atoms with Gasteiger partial charge in [-0.25, -0.2) is 18.5 Å². The number of hydrogen-bond acceptors (Lipinski definition) is 7. The highest BCUT2D eigenvalue weighted by Gasteiger charge is 2.17. The van der Waals surface area contributed by atoms with Crippen molar-refractivity contribution in [2.24, 2.45) is 7.05 Å². The summed E-state index contributed by atoms with van der Waals surface area (Å²) in [5, 5.41) is 17.5. The van der Waals surface area contributed by atoms with Crippen molar-refractivity contribution in [2.45, 2.75) is 13.5 Å². The van der Waals surface area contributed by atoms with Gasteiger partial charge in [-0.3, -0.25) is 14.2 Å². The Bertz CT molecular complexity index is 1800. The smallest absolute Gasteiger partial charge is 0.325 e. The highest BCUT2D eigenvalue weighted by atomic mass is 19.1. The molecule has 5 aromatic rings. The number of rotatable bonds is 5. The molecule has 36 heavy (non-hydrogen) atoms. The van der Waals surface area contributed by atoms with Crippen molar-refractivity contribution in [2.75, 3.05) is 5.32 Å². The molecule has 178 valence electrons. The van der Waals surface area contributed by atoms with Crippen LogP contribution in [-0.2, 0) is 13.6 Å². The molecular weight excluding hydrogens is 463 g/mol. The van der Waals surface area contributed by atoms with E-state index >= 15 is 0 Å². The number of pyridine rings is 1. The topological polar surface area (TPSA) is 123 Å². The van der Waals surface area contributed by atoms with Crippen molar-refractivity contribution in [3.8, 4) is 11.8 Å². The zero-order valence-corrected chi connectivity index (χ0v) is 19.3. The molecule has 0 unspecified atom stereocenters. The van der Waals surface area contributed by atoms with Crippen LogP contribution in [0.5, 0.6) is 0 Å². The minimum absolute atomic E-state index is 0.00654. The van der Waals surface area contributed by atoms with E-state index < -0.39 is 17.2 Å². The van der Waals surface area contributed by atoms with E-state index in [9.17, 15) is 19.2 Å². The number of nitrogens with zero attached hydrogens (tertiary/aromatic N) is 7. The number of fused-ring (bicyclic) bond motifs is 1. The van der Waals surface area contributed by atoms with Crippen molar-refractivity contribution in [1.29, 1.82) is 5.26 Å². The van der Waals surface area contributed by atoms with Crippen LogP contribution in [0, 0.1) is 24.1 Å². The fourth-order valence-electron chi connectivity index (χ4n) is 3.91. The Kier molecular flexibility index (Phi) is 5.62. The molecule has 3 heterocycles. The fraction of sp³-hybridized carbons (Fsp3) is 0.120. The Labute approximate surface area is 203 Å². The second-order valence-corrected chi connectivity index (χ2v) is 8.27. The largest absolute Gasteiger partial charge is 0.359 e. The molecule has 0 aliphatic heterocycles. The van der Waals surface area contributed by atoms with Crippen LogP contribution in [-0.4, -0.2) is 28.9 Å². The van der Waals surface area contributed by atoms with E-state index in [4.69, 9.17) is 0 Å². The molecule has 0 aliphatic rings. The molecule has 0 saturated carbocycles. The number of aryl methyl sites for hydroxylation is 2. The van der Waals surface area contributed by atoms with Crippen molar-refractivity contribution in [1.82, 2.24) is 28.9 Å². The Morgan fingerprint density at radius 2 is 1.94 bits per heavy atom. The predicted molar refractivity (Wildman–Crippen MR) is 131 cm³/mol. The molecule has 0 spiro atoms. The lowest BCUT2D eigenvalue weighted by Crippen LogP contribution is -2.41. The summed E-state index contributed by atoms with van der Waals surface area (Å²) < 4.78 is 17.7. The van der Waals surface area contributed by atoms with Gasteiger partial charge in [0.25, 0.3) is 0 Å². The van der Waals surface area contributed by atoms with E-state index in [2.05, 4.69) is 20.4 Å². The van der Waals surface area contributed by atoms with Crippen molar-refractivity contribution in [3.63, 3.8) is 0 Å². The molecule has 3 aromatic heterocycles. The van der Waals surface area contributed by atoms with Crippen LogP contribution in [0.1, 0.15) is 16.7 Å². The molecule has 2 aromatic carbocycles. The Balaban J connectivity index is 1.66. The van der Waals surface area contributed by atoms with Gasteiger partial charge in [-0.15, -0.1) is 0 Å². The van der Waals surface area contributed by atoms with E-state index in [1.54, 1.807) is 42.1 Å². The van der Waals surface area contributed by atoms with Gasteiger partial charge in [0, 0.05) is 30.5 Å². The first-order valence-electron chi connectivity index (χ1n) is 10.9. The van der Waals surface area contributed by atoms with Crippen LogP contribution in [0.3, 0.4) is 0 Å². The molecule has 0 atom stereocenters. The zero-order chi connectivity index (χ0) is 25.4. The van der Waals surface area contributed by atoms with E-state index in [1.165, 1.54) is 22.9 Å². The minimum atomic E-state index is -0.787. The molecule has 10 nitrogen and oxygen atoms in total. The fourth-order valence-corrected chi connectivity index (χ4v) is 3.91. The molecule has 0 saturated heterocycles. The summed E-state index contributed by atoms with van der Waals surface area (Å²) >= 11 is 0. The number of halogens is 1. The van der Waals surface area contributed by atoms with Gasteiger partial charge in [-0.2, -0.15) is 15.3 Å². The van der Waals surface area contributed by atoms with E-state index in [0.29, 0.717) is 11.3 Å². The normalized spacial score (nSPS) is 10.9. The van der Waals surface area contributed by atoms with Crippen molar-refractivity contribution >= 4 is 22.5 Å². The first-order chi connectivity index (χ1) is 17.3. The first-order valence-corrected chi connectivity index (χ1v) is 10.9. The summed E-state index contributed by atoms with van der Waals surface area (Å²) in [5.41, 5.74) is 1.27. The summed E-state index contributed by atoms with van der Waals surface area (Å²) in [4.78, 5) is 34.8. The van der Waals surface area contributed by atoms with Crippen molar-refractivity contribution < 1.29 is 4.39 Å². The number of nitrogens with one attached hydrogen (secondary N) is 1. The summed E-state index contributed by atoms with van der Waals surface area (Å²) in [5.74, 6) is -0.668. The molecule has 11 heteroatoms. The SMILES string of the molecule is Cc1cncc(-n2c(=O)nc(Nc3ccc4nn(C)cc4c3)n(Cc3ccc(F)c(C#N)c3)c2=O)c1. The van der Waals surface area contributed by atoms with Gasteiger partial charge < -0.3 is 5.32 Å². The summed E-state index contributed by atoms with van der Waals surface area (Å²) in [6.45, 7) is 1.72. The van der Waals surface area contributed by atoms with Crippen LogP contribution >= 0.6 is 0 Å². The van der Waals surface area contributed by atoms with Gasteiger partial charge in [0.05, 0.1) is 29.5 Å². The average molecular weight is 482 g/mol. The van der Waals surface area contributed by atoms with Crippen LogP contribution < -0.4 is 16.7 Å². The third-order valence-electron chi connectivity index (χ3n) is 5.56. The summed E-state index contributed by atoms with van der Waals surface area (Å²) in [7, 11) is 1.81. The first kappa shape index (κ1) is 22.7. The Morgan fingerprint density at radius 3 is 2.72 bits per heavy atom. The zero-order valence-electron chi connectivity index (χ0n) is 19.3. The highest BCUT2D eigenvalue weighted by Crippen LogP contribution is 2.21. The molecule has 0 amide bonds. The molecule has 5 rings (SSSR count). The third kappa shape index (κ3) is 4.23. The quantitative estimate of drug-likeness (QED) is 0.409. The lowest BCUT2D eigenvalue weighted by atomic mass is 10.1. The number of nitriles is 1. The second kappa shape index (κ2) is 8.92. The van der Waals surface area contributed by atoms with Gasteiger partial charge >= 0.3 is 11.4 Å². The Morgan fingerprint density at radius 1 is 1.11 bits per heavy atom. The van der Waals surface area contributed by atoms with Gasteiger partial charge in [-0.1, -0.05) is 6.07 Å². The monoisotopic (exact) mass is 482 g/mol. The summed E-state index contributed by atoms with van der Waals surface area (Å²) in [6.07, 6.45) is 4.84. The maximum absolute atomic E-state index is 13.9. The standard InChI is InChI=1S/C25H19FN8O2/c1-15-7-20(12-28-11-15)34-24(35)30-23(29-19-4-6-22-18(9-19)14-32(2)31-22)33(25(34)36)13-16-3-5-21(26)17(8-16)10-27/h3-9,11-12,14H,13H2,1-2H3,(H,29,30,35). The van der Waals surface area contributed by atoms with Gasteiger partial charge in [-0.05, 0) is 54.4 Å². The number of anilines is 2. The molecule has 0 fully saturated rings. The van der Waals surface area contributed by atoms with E-state index in [-0.39, 0.29) is 23.7 Å². The van der Waals surface area contributed by atoms with Crippen LogP contribution in [0.25, 0.3) is 16.6 Å². The minimum Gasteiger partial charge on any atom is -0.325 e. The predicted octanol–water partition coefficient (Wildman–Crippen LogP) is 2.79. The van der Waals surface area contributed by atoms with Gasteiger partial charge in [0.1, 0.15) is 11.9 Å². The van der Waals surface area contributed by atoms with Crippen LogP contribution in [0.15, 0.2) is 70.6 Å². The number of aromatic nitrogens is 6. The number of hydrogen-bond donors (Lipinski definition) is 1. The molecule has 1 N–H and O–H groups in total. The maximum atomic E-state index is 13.9. The molecule has 0 radical (unpaired) electrons. The molecule has 0 bridgehead atoms. The second-order valence-electron chi connectivity index (χ2n) is 8.27. The van der Waals surface area contributed by atoms with E-state index in [0.717, 1.165) is 27.1 Å².